The van der Waals surface area contributed by atoms with E-state index in [1.807, 2.05) is 37.3 Å². The van der Waals surface area contributed by atoms with E-state index in [4.69, 9.17) is 9.15 Å². The molecule has 0 fully saturated rings. The topological polar surface area (TPSA) is 89.1 Å². The third-order valence-corrected chi connectivity index (χ3v) is 5.64. The molecule has 0 saturated carbocycles. The maximum atomic E-state index is 12.3. The van der Waals surface area contributed by atoms with Gasteiger partial charge < -0.3 is 14.3 Å². The molecule has 3 rings (SSSR count). The molecular weight excluding hydrogens is 470 g/mol. The van der Waals surface area contributed by atoms with Gasteiger partial charge in [-0.05, 0) is 43.7 Å². The van der Waals surface area contributed by atoms with Gasteiger partial charge in [0.05, 0.1) is 11.5 Å². The average Bonchev–Trinajstić information content (AvgIpc) is 3.28. The Balaban J connectivity index is 1.93. The third-order valence-electron chi connectivity index (χ3n) is 4.09. The molecular formula is C22H20BrNO5S. The zero-order valence-corrected chi connectivity index (χ0v) is 18.9. The minimum absolute atomic E-state index is 0.0998. The Labute approximate surface area is 186 Å². The summed E-state index contributed by atoms with van der Waals surface area (Å²) in [4.78, 5) is 28.7. The number of benzene rings is 1. The predicted molar refractivity (Wildman–Crippen MR) is 121 cm³/mol. The summed E-state index contributed by atoms with van der Waals surface area (Å²) < 4.78 is 11.8. The van der Waals surface area contributed by atoms with Crippen molar-refractivity contribution in [2.75, 3.05) is 6.61 Å². The van der Waals surface area contributed by atoms with Gasteiger partial charge in [0.1, 0.15) is 27.9 Å². The standard InChI is InChI=1S/C22H20BrNO5S/c1-3-5-18(25)24-21-19(22(27)28-4-2)20(26)17(30-21)12-15-10-11-16(29-15)13-6-8-14(23)9-7-13/h6-12,26H,3-5H2,1-2H3/b17-12-,24-21?. The molecule has 6 nitrogen and oxygen atoms in total. The van der Waals surface area contributed by atoms with Gasteiger partial charge in [0.15, 0.2) is 0 Å². The number of carbonyl (C=O) groups is 2. The van der Waals surface area contributed by atoms with E-state index in [-0.39, 0.29) is 35.3 Å². The van der Waals surface area contributed by atoms with E-state index in [0.29, 0.717) is 22.8 Å². The number of halogens is 1. The quantitative estimate of drug-likeness (QED) is 0.508. The number of esters is 1. The summed E-state index contributed by atoms with van der Waals surface area (Å²) >= 11 is 4.44. The number of carbonyl (C=O) groups excluding carboxylic acids is 2. The van der Waals surface area contributed by atoms with Crippen molar-refractivity contribution < 1.29 is 23.8 Å². The van der Waals surface area contributed by atoms with Gasteiger partial charge in [-0.1, -0.05) is 46.7 Å². The summed E-state index contributed by atoms with van der Waals surface area (Å²) in [6.07, 6.45) is 2.50. The number of amides is 1. The summed E-state index contributed by atoms with van der Waals surface area (Å²) in [6.45, 7) is 3.68. The number of aliphatic imine (C=N–C) groups is 1. The van der Waals surface area contributed by atoms with Gasteiger partial charge >= 0.3 is 5.97 Å². The second-order valence-electron chi connectivity index (χ2n) is 6.32. The molecule has 156 valence electrons. The minimum atomic E-state index is -0.719. The van der Waals surface area contributed by atoms with Crippen LogP contribution in [0.4, 0.5) is 0 Å². The Kier molecular flexibility index (Phi) is 7.33. The summed E-state index contributed by atoms with van der Waals surface area (Å²) in [5.74, 6) is -0.192. The number of aliphatic hydroxyl groups is 1. The van der Waals surface area contributed by atoms with Gasteiger partial charge in [0, 0.05) is 16.5 Å². The van der Waals surface area contributed by atoms with E-state index < -0.39 is 5.97 Å². The van der Waals surface area contributed by atoms with Crippen LogP contribution in [-0.4, -0.2) is 28.6 Å². The van der Waals surface area contributed by atoms with Crippen LogP contribution in [0.15, 0.2) is 66.5 Å². The molecule has 8 heteroatoms. The van der Waals surface area contributed by atoms with Crippen LogP contribution < -0.4 is 0 Å². The Morgan fingerprint density at radius 2 is 1.93 bits per heavy atom. The lowest BCUT2D eigenvalue weighted by Gasteiger charge is -2.03. The van der Waals surface area contributed by atoms with Crippen molar-refractivity contribution in [1.82, 2.24) is 0 Å². The largest absolute Gasteiger partial charge is 0.506 e. The second-order valence-corrected chi connectivity index (χ2v) is 8.27. The summed E-state index contributed by atoms with van der Waals surface area (Å²) in [5.41, 5.74) is 0.804. The Hall–Kier alpha value is -2.58. The number of hydrogen-bond acceptors (Lipinski definition) is 6. The molecule has 0 aliphatic carbocycles. The smallest absolute Gasteiger partial charge is 0.344 e. The van der Waals surface area contributed by atoms with Crippen LogP contribution in [-0.2, 0) is 14.3 Å². The Morgan fingerprint density at radius 3 is 2.60 bits per heavy atom. The predicted octanol–water partition coefficient (Wildman–Crippen LogP) is 5.90. The first-order valence-corrected chi connectivity index (χ1v) is 11.0. The average molecular weight is 490 g/mol. The molecule has 1 aromatic heterocycles. The van der Waals surface area contributed by atoms with E-state index in [2.05, 4.69) is 20.9 Å². The van der Waals surface area contributed by atoms with Crippen LogP contribution in [0.5, 0.6) is 0 Å². The van der Waals surface area contributed by atoms with Crippen LogP contribution >= 0.6 is 27.7 Å². The molecule has 1 amide bonds. The van der Waals surface area contributed by atoms with Gasteiger partial charge in [-0.15, -0.1) is 0 Å². The molecule has 0 saturated heterocycles. The summed E-state index contributed by atoms with van der Waals surface area (Å²) in [7, 11) is 0. The van der Waals surface area contributed by atoms with Crippen molar-refractivity contribution in [2.24, 2.45) is 4.99 Å². The molecule has 0 bridgehead atoms. The van der Waals surface area contributed by atoms with Gasteiger partial charge in [-0.25, -0.2) is 9.79 Å². The molecule has 0 radical (unpaired) electrons. The molecule has 0 spiro atoms. The maximum absolute atomic E-state index is 12.3. The summed E-state index contributed by atoms with van der Waals surface area (Å²) in [5, 5.41) is 10.8. The highest BCUT2D eigenvalue weighted by Gasteiger charge is 2.34. The molecule has 0 atom stereocenters. The van der Waals surface area contributed by atoms with E-state index in [9.17, 15) is 14.7 Å². The maximum Gasteiger partial charge on any atom is 0.344 e. The van der Waals surface area contributed by atoms with E-state index in [1.54, 1.807) is 19.1 Å². The molecule has 1 aromatic carbocycles. The summed E-state index contributed by atoms with van der Waals surface area (Å²) in [6, 6.07) is 11.3. The molecule has 2 heterocycles. The SMILES string of the molecule is CCCC(=O)N=C1S/C(=C\c2ccc(-c3ccc(Br)cc3)o2)C(O)=C1C(=O)OCC. The van der Waals surface area contributed by atoms with Crippen LogP contribution in [0.3, 0.4) is 0 Å². The highest BCUT2D eigenvalue weighted by molar-refractivity contribution is 9.10. The van der Waals surface area contributed by atoms with Gasteiger partial charge in [-0.2, -0.15) is 0 Å². The second kappa shape index (κ2) is 9.95. The third kappa shape index (κ3) is 5.12. The fourth-order valence-electron chi connectivity index (χ4n) is 2.70. The molecule has 0 unspecified atom stereocenters. The number of rotatable bonds is 6. The number of hydrogen-bond donors (Lipinski definition) is 1. The highest BCUT2D eigenvalue weighted by Crippen LogP contribution is 2.39. The van der Waals surface area contributed by atoms with Crippen molar-refractivity contribution in [3.8, 4) is 11.3 Å². The lowest BCUT2D eigenvalue weighted by molar-refractivity contribution is -0.138. The zero-order valence-electron chi connectivity index (χ0n) is 16.5. The van der Waals surface area contributed by atoms with Crippen molar-refractivity contribution in [1.29, 1.82) is 0 Å². The lowest BCUT2D eigenvalue weighted by atomic mass is 10.2. The van der Waals surface area contributed by atoms with E-state index in [1.165, 1.54) is 0 Å². The lowest BCUT2D eigenvalue weighted by Crippen LogP contribution is -2.14. The zero-order chi connectivity index (χ0) is 21.7. The highest BCUT2D eigenvalue weighted by atomic mass is 79.9. The fraction of sp³-hybridized carbons (Fsp3) is 0.227. The molecule has 30 heavy (non-hydrogen) atoms. The first-order valence-electron chi connectivity index (χ1n) is 9.40. The van der Waals surface area contributed by atoms with Crippen LogP contribution in [0.25, 0.3) is 17.4 Å². The van der Waals surface area contributed by atoms with Crippen molar-refractivity contribution in [2.45, 2.75) is 26.7 Å². The van der Waals surface area contributed by atoms with Crippen LogP contribution in [0.2, 0.25) is 0 Å². The number of ether oxygens (including phenoxy) is 1. The number of furan rings is 1. The Bertz CT molecular complexity index is 1050. The van der Waals surface area contributed by atoms with Crippen LogP contribution in [0.1, 0.15) is 32.4 Å². The first-order chi connectivity index (χ1) is 14.4. The molecule has 1 N–H and O–H groups in total. The fourth-order valence-corrected chi connectivity index (χ4v) is 3.98. The van der Waals surface area contributed by atoms with Crippen LogP contribution in [0, 0.1) is 0 Å². The Morgan fingerprint density at radius 1 is 1.20 bits per heavy atom. The van der Waals surface area contributed by atoms with Crippen molar-refractivity contribution in [3.05, 3.63) is 62.9 Å². The molecule has 2 aromatic rings. The number of aliphatic hydroxyl groups excluding tert-OH is 1. The monoisotopic (exact) mass is 489 g/mol. The first kappa shape index (κ1) is 22.1. The van der Waals surface area contributed by atoms with Crippen molar-refractivity contribution in [3.63, 3.8) is 0 Å². The molecule has 1 aliphatic rings. The number of thioether (sulfide) groups is 1. The van der Waals surface area contributed by atoms with Gasteiger partial charge in [0.2, 0.25) is 5.91 Å². The van der Waals surface area contributed by atoms with E-state index >= 15 is 0 Å². The minimum Gasteiger partial charge on any atom is -0.506 e. The van der Waals surface area contributed by atoms with E-state index in [0.717, 1.165) is 21.8 Å². The normalized spacial score (nSPS) is 16.5. The molecule has 1 aliphatic heterocycles. The van der Waals surface area contributed by atoms with Crippen molar-refractivity contribution >= 4 is 50.7 Å². The van der Waals surface area contributed by atoms with Gasteiger partial charge in [0.25, 0.3) is 0 Å². The van der Waals surface area contributed by atoms with Gasteiger partial charge in [-0.3, -0.25) is 4.79 Å². The number of nitrogens with zero attached hydrogens (tertiary/aromatic N) is 1.